The van der Waals surface area contributed by atoms with Gasteiger partial charge in [-0.15, -0.1) is 0 Å². The van der Waals surface area contributed by atoms with Gasteiger partial charge in [-0.05, 0) is 12.8 Å². The van der Waals surface area contributed by atoms with Gasteiger partial charge in [0.2, 0.25) is 0 Å². The molecule has 5 heteroatoms. The lowest BCUT2D eigenvalue weighted by molar-refractivity contribution is 0.146. The van der Waals surface area contributed by atoms with Gasteiger partial charge in [0.1, 0.15) is 5.25 Å². The fraction of sp³-hybridized carbons (Fsp3) is 1.00. The van der Waals surface area contributed by atoms with Crippen LogP contribution < -0.4 is 0 Å². The van der Waals surface area contributed by atoms with E-state index >= 15 is 0 Å². The van der Waals surface area contributed by atoms with Gasteiger partial charge in [-0.3, -0.25) is 4.55 Å². The third-order valence-corrected chi connectivity index (χ3v) is 5.82. The van der Waals surface area contributed by atoms with E-state index in [1.54, 1.807) is 0 Å². The molecule has 0 aromatic heterocycles. The molecule has 4 nitrogen and oxygen atoms in total. The Labute approximate surface area is 143 Å². The van der Waals surface area contributed by atoms with E-state index < -0.39 is 21.5 Å². The Morgan fingerprint density at radius 3 is 1.57 bits per heavy atom. The lowest BCUT2D eigenvalue weighted by Gasteiger charge is -2.20. The summed E-state index contributed by atoms with van der Waals surface area (Å²) in [6.07, 6.45) is 13.5. The summed E-state index contributed by atoms with van der Waals surface area (Å²) in [5.41, 5.74) is 0. The fourth-order valence-electron chi connectivity index (χ4n) is 2.97. The summed E-state index contributed by atoms with van der Waals surface area (Å²) in [6, 6.07) is 0. The van der Waals surface area contributed by atoms with Gasteiger partial charge in [0.15, 0.2) is 0 Å². The standard InChI is InChI=1S/C18H38O4S/c1-3-5-7-8-9-10-11-12-13-14-15-17(19)18(16-6-4-2)23(20,21)22/h17-19H,3-16H2,1-2H3,(H,20,21,22). The predicted molar refractivity (Wildman–Crippen MR) is 97.3 cm³/mol. The highest BCUT2D eigenvalue weighted by Gasteiger charge is 2.29. The van der Waals surface area contributed by atoms with Crippen molar-refractivity contribution in [2.45, 2.75) is 115 Å². The van der Waals surface area contributed by atoms with Crippen molar-refractivity contribution in [1.29, 1.82) is 0 Å². The average molecular weight is 351 g/mol. The minimum absolute atomic E-state index is 0.342. The van der Waals surface area contributed by atoms with Crippen molar-refractivity contribution >= 4 is 10.1 Å². The quantitative estimate of drug-likeness (QED) is 0.300. The summed E-state index contributed by atoms with van der Waals surface area (Å²) < 4.78 is 32.0. The van der Waals surface area contributed by atoms with Crippen LogP contribution in [-0.4, -0.2) is 29.4 Å². The first kappa shape index (κ1) is 22.9. The Morgan fingerprint density at radius 1 is 0.696 bits per heavy atom. The number of hydrogen-bond donors (Lipinski definition) is 2. The zero-order valence-electron chi connectivity index (χ0n) is 15.2. The molecule has 23 heavy (non-hydrogen) atoms. The predicted octanol–water partition coefficient (Wildman–Crippen LogP) is 5.10. The van der Waals surface area contributed by atoms with Crippen molar-refractivity contribution in [3.8, 4) is 0 Å². The van der Waals surface area contributed by atoms with E-state index in [4.69, 9.17) is 0 Å². The minimum atomic E-state index is -4.15. The van der Waals surface area contributed by atoms with Crippen LogP contribution in [0.4, 0.5) is 0 Å². The second-order valence-corrected chi connectivity index (χ2v) is 8.37. The maximum absolute atomic E-state index is 11.4. The molecule has 2 N–H and O–H groups in total. The van der Waals surface area contributed by atoms with E-state index in [0.717, 1.165) is 25.7 Å². The van der Waals surface area contributed by atoms with Gasteiger partial charge in [-0.2, -0.15) is 8.42 Å². The van der Waals surface area contributed by atoms with Crippen LogP contribution in [0.5, 0.6) is 0 Å². The summed E-state index contributed by atoms with van der Waals surface area (Å²) in [7, 11) is -4.15. The van der Waals surface area contributed by atoms with Gasteiger partial charge in [0.05, 0.1) is 6.10 Å². The molecule has 0 aliphatic rings. The Hall–Kier alpha value is -0.130. The van der Waals surface area contributed by atoms with Crippen LogP contribution in [0.3, 0.4) is 0 Å². The molecule has 0 saturated heterocycles. The SMILES string of the molecule is CCCCCCCCCCCCC(O)C(CCCC)S(=O)(=O)O. The van der Waals surface area contributed by atoms with Crippen molar-refractivity contribution in [1.82, 2.24) is 0 Å². The summed E-state index contributed by atoms with van der Waals surface area (Å²) in [4.78, 5) is 0. The Balaban J connectivity index is 3.73. The highest BCUT2D eigenvalue weighted by molar-refractivity contribution is 7.86. The van der Waals surface area contributed by atoms with Crippen molar-refractivity contribution in [3.05, 3.63) is 0 Å². The van der Waals surface area contributed by atoms with Crippen LogP contribution in [0.1, 0.15) is 104 Å². The third-order valence-electron chi connectivity index (χ3n) is 4.51. The zero-order chi connectivity index (χ0) is 17.6. The van der Waals surface area contributed by atoms with Gasteiger partial charge in [-0.1, -0.05) is 90.9 Å². The maximum Gasteiger partial charge on any atom is 0.270 e. The number of rotatable bonds is 16. The molecule has 0 radical (unpaired) electrons. The highest BCUT2D eigenvalue weighted by atomic mass is 32.2. The molecule has 0 spiro atoms. The minimum Gasteiger partial charge on any atom is -0.392 e. The van der Waals surface area contributed by atoms with Crippen molar-refractivity contribution in [2.24, 2.45) is 0 Å². The van der Waals surface area contributed by atoms with Crippen LogP contribution in [0, 0.1) is 0 Å². The second-order valence-electron chi connectivity index (χ2n) is 6.73. The lowest BCUT2D eigenvalue weighted by Crippen LogP contribution is -2.33. The van der Waals surface area contributed by atoms with Crippen LogP contribution >= 0.6 is 0 Å². The molecule has 0 aromatic carbocycles. The second kappa shape index (κ2) is 14.2. The molecule has 0 heterocycles. The van der Waals surface area contributed by atoms with Gasteiger partial charge in [0.25, 0.3) is 10.1 Å². The molecule has 2 atom stereocenters. The normalized spacial score (nSPS) is 14.8. The Kier molecular flexibility index (Phi) is 14.2. The van der Waals surface area contributed by atoms with Crippen LogP contribution in [-0.2, 0) is 10.1 Å². The summed E-state index contributed by atoms with van der Waals surface area (Å²) in [5, 5.41) is 9.04. The van der Waals surface area contributed by atoms with E-state index in [0.29, 0.717) is 19.3 Å². The first-order valence-corrected chi connectivity index (χ1v) is 11.1. The molecular weight excluding hydrogens is 312 g/mol. The number of hydrogen-bond acceptors (Lipinski definition) is 3. The topological polar surface area (TPSA) is 74.6 Å². The summed E-state index contributed by atoms with van der Waals surface area (Å²) in [6.45, 7) is 4.19. The number of aliphatic hydroxyl groups is 1. The first-order chi connectivity index (χ1) is 10.9. The van der Waals surface area contributed by atoms with E-state index in [2.05, 4.69) is 6.92 Å². The molecule has 140 valence electrons. The summed E-state index contributed by atoms with van der Waals surface area (Å²) in [5.74, 6) is 0. The van der Waals surface area contributed by atoms with Crippen LogP contribution in [0.15, 0.2) is 0 Å². The van der Waals surface area contributed by atoms with E-state index in [-0.39, 0.29) is 0 Å². The maximum atomic E-state index is 11.4. The van der Waals surface area contributed by atoms with Crippen molar-refractivity contribution in [2.75, 3.05) is 0 Å². The molecule has 0 saturated carbocycles. The number of aliphatic hydroxyl groups excluding tert-OH is 1. The first-order valence-electron chi connectivity index (χ1n) is 9.57. The lowest BCUT2D eigenvalue weighted by atomic mass is 10.0. The molecule has 0 bridgehead atoms. The monoisotopic (exact) mass is 350 g/mol. The molecule has 2 unspecified atom stereocenters. The molecular formula is C18H38O4S. The fourth-order valence-corrected chi connectivity index (χ4v) is 3.97. The van der Waals surface area contributed by atoms with Crippen LogP contribution in [0.25, 0.3) is 0 Å². The molecule has 0 aromatic rings. The zero-order valence-corrected chi connectivity index (χ0v) is 16.0. The molecule has 0 aliphatic heterocycles. The average Bonchev–Trinajstić information content (AvgIpc) is 2.48. The Morgan fingerprint density at radius 2 is 1.13 bits per heavy atom. The smallest absolute Gasteiger partial charge is 0.270 e. The van der Waals surface area contributed by atoms with Gasteiger partial charge >= 0.3 is 0 Å². The van der Waals surface area contributed by atoms with E-state index in [1.165, 1.54) is 44.9 Å². The van der Waals surface area contributed by atoms with Gasteiger partial charge in [-0.25, -0.2) is 0 Å². The molecule has 0 amide bonds. The van der Waals surface area contributed by atoms with Crippen LogP contribution in [0.2, 0.25) is 0 Å². The van der Waals surface area contributed by atoms with Crippen molar-refractivity contribution < 1.29 is 18.1 Å². The van der Waals surface area contributed by atoms with Crippen molar-refractivity contribution in [3.63, 3.8) is 0 Å². The van der Waals surface area contributed by atoms with E-state index in [9.17, 15) is 18.1 Å². The largest absolute Gasteiger partial charge is 0.392 e. The highest BCUT2D eigenvalue weighted by Crippen LogP contribution is 2.19. The number of unbranched alkanes of at least 4 members (excludes halogenated alkanes) is 10. The molecule has 0 fully saturated rings. The molecule has 0 rings (SSSR count). The summed E-state index contributed by atoms with van der Waals surface area (Å²) >= 11 is 0. The van der Waals surface area contributed by atoms with Gasteiger partial charge in [0, 0.05) is 0 Å². The van der Waals surface area contributed by atoms with Gasteiger partial charge < -0.3 is 5.11 Å². The Bertz CT molecular complexity index is 354. The van der Waals surface area contributed by atoms with E-state index in [1.807, 2.05) is 6.92 Å². The molecule has 0 aliphatic carbocycles. The third kappa shape index (κ3) is 12.9.